The Morgan fingerprint density at radius 2 is 2.09 bits per heavy atom. The standard InChI is InChI=1S/C3H7NO2S.HNO3/c4-2(1-7)3(5)6;2-1(3)4/h2,7H,1,4H2,(H,5,6);(H,2,3,4)/t2-;/m0./s1. The van der Waals surface area contributed by atoms with Gasteiger partial charge < -0.3 is 16.0 Å². The molecule has 8 heteroatoms. The molecule has 66 valence electrons. The Morgan fingerprint density at radius 3 is 2.09 bits per heavy atom. The van der Waals surface area contributed by atoms with Crippen LogP contribution in [0, 0.1) is 10.1 Å². The fourth-order valence-electron chi connectivity index (χ4n) is 0.0781. The van der Waals surface area contributed by atoms with Crippen LogP contribution < -0.4 is 5.73 Å². The van der Waals surface area contributed by atoms with Crippen molar-refractivity contribution in [2.24, 2.45) is 5.73 Å². The summed E-state index contributed by atoms with van der Waals surface area (Å²) >= 11 is 3.65. The van der Waals surface area contributed by atoms with E-state index in [1.54, 1.807) is 0 Å². The first-order chi connectivity index (χ1) is 4.91. The molecule has 7 nitrogen and oxygen atoms in total. The molecular formula is C3H8N2O5S. The van der Waals surface area contributed by atoms with E-state index in [-0.39, 0.29) is 5.75 Å². The molecule has 0 spiro atoms. The first kappa shape index (κ1) is 12.6. The van der Waals surface area contributed by atoms with Gasteiger partial charge in [-0.25, -0.2) is 0 Å². The second-order valence-corrected chi connectivity index (χ2v) is 1.73. The molecule has 0 saturated heterocycles. The number of carboxylic acid groups (broad SMARTS) is 1. The lowest BCUT2D eigenvalue weighted by Gasteiger charge is -1.96. The fraction of sp³-hybridized carbons (Fsp3) is 0.667. The molecule has 0 rings (SSSR count). The van der Waals surface area contributed by atoms with Crippen LogP contribution in [0.4, 0.5) is 0 Å². The van der Waals surface area contributed by atoms with Crippen LogP contribution in [0.3, 0.4) is 0 Å². The number of aliphatic carboxylic acids is 1. The summed E-state index contributed by atoms with van der Waals surface area (Å²) in [5, 5.41) is 21.6. The zero-order valence-corrected chi connectivity index (χ0v) is 6.27. The highest BCUT2D eigenvalue weighted by atomic mass is 32.1. The van der Waals surface area contributed by atoms with Gasteiger partial charge in [0.05, 0.1) is 0 Å². The van der Waals surface area contributed by atoms with Gasteiger partial charge in [-0.3, -0.25) is 4.79 Å². The van der Waals surface area contributed by atoms with Crippen LogP contribution >= 0.6 is 12.6 Å². The Bertz CT molecular complexity index is 136. The molecule has 0 aliphatic carbocycles. The molecule has 0 aromatic rings. The van der Waals surface area contributed by atoms with E-state index in [4.69, 9.17) is 26.2 Å². The smallest absolute Gasteiger partial charge is 0.321 e. The van der Waals surface area contributed by atoms with Crippen LogP contribution in [0.25, 0.3) is 0 Å². The van der Waals surface area contributed by atoms with E-state index >= 15 is 0 Å². The van der Waals surface area contributed by atoms with Crippen molar-refractivity contribution < 1.29 is 20.2 Å². The molecule has 4 N–H and O–H groups in total. The summed E-state index contributed by atoms with van der Waals surface area (Å²) < 4.78 is 0. The minimum atomic E-state index is -1.50. The molecule has 0 amide bonds. The van der Waals surface area contributed by atoms with Gasteiger partial charge in [0.2, 0.25) is 0 Å². The number of hydrogen-bond acceptors (Lipinski definition) is 5. The number of rotatable bonds is 2. The molecule has 0 aliphatic heterocycles. The minimum absolute atomic E-state index is 0.190. The number of carbonyl (C=O) groups is 1. The van der Waals surface area contributed by atoms with E-state index in [0.717, 1.165) is 0 Å². The quantitative estimate of drug-likeness (QED) is 0.247. The molecule has 0 unspecified atom stereocenters. The van der Waals surface area contributed by atoms with Crippen molar-refractivity contribution in [3.05, 3.63) is 10.1 Å². The summed E-state index contributed by atoms with van der Waals surface area (Å²) in [4.78, 5) is 18.1. The molecule has 0 aliphatic rings. The zero-order valence-electron chi connectivity index (χ0n) is 5.38. The summed E-state index contributed by atoms with van der Waals surface area (Å²) in [6, 6.07) is -0.816. The first-order valence-electron chi connectivity index (χ1n) is 2.34. The third kappa shape index (κ3) is 17.6. The summed E-state index contributed by atoms with van der Waals surface area (Å²) in [6.07, 6.45) is 0. The van der Waals surface area contributed by atoms with Crippen LogP contribution in [0.1, 0.15) is 0 Å². The fourth-order valence-corrected chi connectivity index (χ4v) is 0.234. The molecule has 0 fully saturated rings. The Hall–Kier alpha value is -1.02. The molecule has 1 atom stereocenters. The van der Waals surface area contributed by atoms with Crippen LogP contribution in [-0.4, -0.2) is 33.2 Å². The van der Waals surface area contributed by atoms with Gasteiger partial charge in [-0.1, -0.05) is 0 Å². The van der Waals surface area contributed by atoms with Crippen LogP contribution in [-0.2, 0) is 4.79 Å². The minimum Gasteiger partial charge on any atom is -0.480 e. The van der Waals surface area contributed by atoms with Gasteiger partial charge in [-0.05, 0) is 0 Å². The van der Waals surface area contributed by atoms with Gasteiger partial charge in [0.15, 0.2) is 0 Å². The summed E-state index contributed by atoms with van der Waals surface area (Å²) in [5.74, 6) is -0.815. The molecule has 0 aromatic heterocycles. The predicted molar refractivity (Wildman–Crippen MR) is 38.2 cm³/mol. The second kappa shape index (κ2) is 7.09. The monoisotopic (exact) mass is 184 g/mol. The maximum absolute atomic E-state index is 9.76. The Balaban J connectivity index is 0. The lowest BCUT2D eigenvalue weighted by molar-refractivity contribution is -0.742. The van der Waals surface area contributed by atoms with E-state index in [1.165, 1.54) is 0 Å². The third-order valence-corrected chi connectivity index (χ3v) is 0.907. The molecule has 0 bridgehead atoms. The number of nitrogens with two attached hydrogens (primary N) is 1. The van der Waals surface area contributed by atoms with E-state index in [2.05, 4.69) is 12.6 Å². The van der Waals surface area contributed by atoms with Crippen molar-refractivity contribution in [3.8, 4) is 0 Å². The molecule has 0 radical (unpaired) electrons. The Kier molecular flexibility index (Phi) is 8.15. The summed E-state index contributed by atoms with van der Waals surface area (Å²) in [6.45, 7) is 0. The second-order valence-electron chi connectivity index (χ2n) is 1.37. The highest BCUT2D eigenvalue weighted by molar-refractivity contribution is 7.80. The number of hydrogen-bond donors (Lipinski definition) is 4. The van der Waals surface area contributed by atoms with Gasteiger partial charge in [-0.15, -0.1) is 10.1 Å². The van der Waals surface area contributed by atoms with Crippen molar-refractivity contribution in [2.45, 2.75) is 6.04 Å². The SMILES string of the molecule is N[C@@H](CS)C(=O)O.O=[N+]([O-])O. The average molecular weight is 184 g/mol. The average Bonchev–Trinajstić information content (AvgIpc) is 1.85. The van der Waals surface area contributed by atoms with Gasteiger partial charge in [0.25, 0.3) is 5.09 Å². The van der Waals surface area contributed by atoms with Gasteiger partial charge in [0, 0.05) is 5.75 Å². The number of thiol groups is 1. The van der Waals surface area contributed by atoms with E-state index in [1.807, 2.05) is 0 Å². The summed E-state index contributed by atoms with van der Waals surface area (Å²) in [5.41, 5.74) is 4.94. The topological polar surface area (TPSA) is 127 Å². The van der Waals surface area contributed by atoms with Gasteiger partial charge in [0.1, 0.15) is 6.04 Å². The Labute approximate surface area is 67.3 Å². The van der Waals surface area contributed by atoms with E-state index in [9.17, 15) is 4.79 Å². The van der Waals surface area contributed by atoms with Crippen LogP contribution in [0.5, 0.6) is 0 Å². The zero-order chi connectivity index (χ0) is 9.44. The normalized spacial score (nSPS) is 10.7. The molecular weight excluding hydrogens is 176 g/mol. The lowest BCUT2D eigenvalue weighted by atomic mass is 10.4. The largest absolute Gasteiger partial charge is 0.480 e. The molecule has 11 heavy (non-hydrogen) atoms. The van der Waals surface area contributed by atoms with E-state index < -0.39 is 17.1 Å². The van der Waals surface area contributed by atoms with E-state index in [0.29, 0.717) is 0 Å². The van der Waals surface area contributed by atoms with Crippen LogP contribution in [0.15, 0.2) is 0 Å². The molecule has 0 heterocycles. The van der Waals surface area contributed by atoms with Crippen molar-refractivity contribution in [1.29, 1.82) is 0 Å². The summed E-state index contributed by atoms with van der Waals surface area (Å²) in [7, 11) is 0. The Morgan fingerprint density at radius 1 is 1.82 bits per heavy atom. The van der Waals surface area contributed by atoms with Gasteiger partial charge >= 0.3 is 5.97 Å². The highest BCUT2D eigenvalue weighted by Gasteiger charge is 2.06. The van der Waals surface area contributed by atoms with Crippen molar-refractivity contribution in [3.63, 3.8) is 0 Å². The predicted octanol–water partition coefficient (Wildman–Crippen LogP) is -1.02. The molecule has 0 aromatic carbocycles. The lowest BCUT2D eigenvalue weighted by Crippen LogP contribution is -2.31. The third-order valence-electron chi connectivity index (χ3n) is 0.514. The maximum Gasteiger partial charge on any atom is 0.321 e. The van der Waals surface area contributed by atoms with Gasteiger partial charge in [-0.2, -0.15) is 12.6 Å². The van der Waals surface area contributed by atoms with Crippen molar-refractivity contribution in [1.82, 2.24) is 0 Å². The number of nitrogens with zero attached hydrogens (tertiary/aromatic N) is 1. The number of carboxylic acids is 1. The van der Waals surface area contributed by atoms with Crippen LogP contribution in [0.2, 0.25) is 0 Å². The maximum atomic E-state index is 9.76. The van der Waals surface area contributed by atoms with Crippen molar-refractivity contribution >= 4 is 18.6 Å². The highest BCUT2D eigenvalue weighted by Crippen LogP contribution is 1.80. The molecule has 0 saturated carbocycles. The first-order valence-corrected chi connectivity index (χ1v) is 2.97. The van der Waals surface area contributed by atoms with Crippen molar-refractivity contribution in [2.75, 3.05) is 5.75 Å².